The SMILES string of the molecule is Cn1nncc1-c1cc[n+](CCS(=O)(=O)[O-])nc1. The van der Waals surface area contributed by atoms with Crippen molar-refractivity contribution in [1.29, 1.82) is 0 Å². The number of aryl methyl sites for hydroxylation is 2. The van der Waals surface area contributed by atoms with Crippen LogP contribution in [0.1, 0.15) is 0 Å². The molecule has 0 saturated carbocycles. The van der Waals surface area contributed by atoms with E-state index in [9.17, 15) is 13.0 Å². The summed E-state index contributed by atoms with van der Waals surface area (Å²) in [6.07, 6.45) is 4.77. The first kappa shape index (κ1) is 12.6. The highest BCUT2D eigenvalue weighted by atomic mass is 32.2. The van der Waals surface area contributed by atoms with Gasteiger partial charge in [-0.25, -0.2) is 13.1 Å². The summed E-state index contributed by atoms with van der Waals surface area (Å²) in [6, 6.07) is 1.75. The Hall–Kier alpha value is -1.87. The molecule has 0 spiro atoms. The first-order chi connectivity index (χ1) is 8.46. The van der Waals surface area contributed by atoms with Crippen molar-refractivity contribution >= 4 is 10.1 Å². The lowest BCUT2D eigenvalue weighted by molar-refractivity contribution is -0.750. The van der Waals surface area contributed by atoms with Gasteiger partial charge in [-0.2, -0.15) is 0 Å². The average molecular weight is 269 g/mol. The van der Waals surface area contributed by atoms with Gasteiger partial charge in [0.15, 0.2) is 12.7 Å². The van der Waals surface area contributed by atoms with Crippen LogP contribution in [0.15, 0.2) is 24.7 Å². The van der Waals surface area contributed by atoms with E-state index >= 15 is 0 Å². The quantitative estimate of drug-likeness (QED) is 0.505. The molecule has 18 heavy (non-hydrogen) atoms. The minimum absolute atomic E-state index is 0.0375. The highest BCUT2D eigenvalue weighted by Gasteiger charge is 2.09. The molecule has 0 aromatic carbocycles. The van der Waals surface area contributed by atoms with Crippen LogP contribution in [0.5, 0.6) is 0 Å². The van der Waals surface area contributed by atoms with Gasteiger partial charge in [0.05, 0.1) is 17.6 Å². The van der Waals surface area contributed by atoms with E-state index in [1.54, 1.807) is 36.4 Å². The van der Waals surface area contributed by atoms with Crippen LogP contribution in [-0.2, 0) is 23.7 Å². The Morgan fingerprint density at radius 3 is 2.72 bits per heavy atom. The minimum Gasteiger partial charge on any atom is -0.748 e. The molecule has 0 bridgehead atoms. The Morgan fingerprint density at radius 2 is 2.22 bits per heavy atom. The molecular weight excluding hydrogens is 258 g/mol. The summed E-state index contributed by atoms with van der Waals surface area (Å²) in [5.74, 6) is -0.475. The maximum atomic E-state index is 10.5. The molecule has 96 valence electrons. The van der Waals surface area contributed by atoms with Gasteiger partial charge in [0.25, 0.3) is 0 Å². The van der Waals surface area contributed by atoms with Gasteiger partial charge in [-0.15, -0.1) is 5.10 Å². The normalized spacial score (nSPS) is 11.7. The average Bonchev–Trinajstić information content (AvgIpc) is 2.73. The second-order valence-corrected chi connectivity index (χ2v) is 5.21. The predicted octanol–water partition coefficient (Wildman–Crippen LogP) is -1.29. The van der Waals surface area contributed by atoms with Crippen molar-refractivity contribution in [1.82, 2.24) is 20.1 Å². The first-order valence-electron chi connectivity index (χ1n) is 5.10. The smallest absolute Gasteiger partial charge is 0.197 e. The Morgan fingerprint density at radius 1 is 1.44 bits per heavy atom. The van der Waals surface area contributed by atoms with Crippen LogP contribution in [0.25, 0.3) is 11.3 Å². The van der Waals surface area contributed by atoms with E-state index < -0.39 is 15.9 Å². The van der Waals surface area contributed by atoms with Crippen molar-refractivity contribution in [2.75, 3.05) is 5.75 Å². The second-order valence-electron chi connectivity index (χ2n) is 3.68. The van der Waals surface area contributed by atoms with E-state index in [0.29, 0.717) is 0 Å². The fourth-order valence-electron chi connectivity index (χ4n) is 1.42. The second kappa shape index (κ2) is 4.78. The van der Waals surface area contributed by atoms with Crippen LogP contribution in [0, 0.1) is 0 Å². The fourth-order valence-corrected chi connectivity index (χ4v) is 1.84. The number of hydrogen-bond donors (Lipinski definition) is 0. The van der Waals surface area contributed by atoms with Crippen LogP contribution in [0.3, 0.4) is 0 Å². The number of rotatable bonds is 4. The number of aromatic nitrogens is 5. The molecule has 2 aromatic rings. The van der Waals surface area contributed by atoms with Crippen molar-refractivity contribution < 1.29 is 17.7 Å². The fraction of sp³-hybridized carbons (Fsp3) is 0.333. The van der Waals surface area contributed by atoms with Crippen LogP contribution in [0.4, 0.5) is 0 Å². The molecule has 0 aliphatic rings. The summed E-state index contributed by atoms with van der Waals surface area (Å²) >= 11 is 0. The monoisotopic (exact) mass is 269 g/mol. The molecule has 0 radical (unpaired) electrons. The first-order valence-corrected chi connectivity index (χ1v) is 6.68. The van der Waals surface area contributed by atoms with Gasteiger partial charge in [-0.1, -0.05) is 9.90 Å². The van der Waals surface area contributed by atoms with Crippen LogP contribution >= 0.6 is 0 Å². The molecular formula is C9H11N5O3S. The molecule has 2 heterocycles. The standard InChI is InChI=1S/C9H11N5O3S/c1-13-9(7-10-12-13)8-2-3-14(11-6-8)4-5-18(15,16)17/h2-3,6-7H,4-5H2,1H3. The lowest BCUT2D eigenvalue weighted by Crippen LogP contribution is -2.40. The molecule has 0 fully saturated rings. The summed E-state index contributed by atoms with van der Waals surface area (Å²) in [5, 5.41) is 11.6. The Kier molecular flexibility index (Phi) is 3.34. The summed E-state index contributed by atoms with van der Waals surface area (Å²) in [4.78, 5) is 0. The Bertz CT molecular complexity index is 634. The molecule has 9 heteroatoms. The molecule has 2 aromatic heterocycles. The maximum absolute atomic E-state index is 10.5. The van der Waals surface area contributed by atoms with Crippen molar-refractivity contribution in [3.8, 4) is 11.3 Å². The lowest BCUT2D eigenvalue weighted by Gasteiger charge is -2.02. The summed E-state index contributed by atoms with van der Waals surface area (Å²) < 4.78 is 34.5. The van der Waals surface area contributed by atoms with Crippen LogP contribution < -0.4 is 4.68 Å². The van der Waals surface area contributed by atoms with Gasteiger partial charge in [0.1, 0.15) is 16.3 Å². The van der Waals surface area contributed by atoms with E-state index in [2.05, 4.69) is 15.4 Å². The highest BCUT2D eigenvalue weighted by molar-refractivity contribution is 7.85. The molecule has 0 unspecified atom stereocenters. The predicted molar refractivity (Wildman–Crippen MR) is 59.0 cm³/mol. The highest BCUT2D eigenvalue weighted by Crippen LogP contribution is 2.13. The van der Waals surface area contributed by atoms with Gasteiger partial charge in [-0.05, 0) is 5.10 Å². The third-order valence-corrected chi connectivity index (χ3v) is 3.03. The van der Waals surface area contributed by atoms with Gasteiger partial charge in [0, 0.05) is 18.7 Å². The molecule has 8 nitrogen and oxygen atoms in total. The van der Waals surface area contributed by atoms with E-state index in [-0.39, 0.29) is 6.54 Å². The van der Waals surface area contributed by atoms with E-state index in [1.165, 1.54) is 4.68 Å². The third-order valence-electron chi connectivity index (χ3n) is 2.35. The zero-order chi connectivity index (χ0) is 13.2. The van der Waals surface area contributed by atoms with Gasteiger partial charge in [-0.3, -0.25) is 0 Å². The van der Waals surface area contributed by atoms with E-state index in [0.717, 1.165) is 11.3 Å². The van der Waals surface area contributed by atoms with Crippen molar-refractivity contribution in [3.05, 3.63) is 24.7 Å². The maximum Gasteiger partial charge on any atom is 0.197 e. The Labute approximate surface area is 104 Å². The molecule has 0 atom stereocenters. The third kappa shape index (κ3) is 3.08. The van der Waals surface area contributed by atoms with Gasteiger partial charge in [0.2, 0.25) is 0 Å². The van der Waals surface area contributed by atoms with Crippen molar-refractivity contribution in [2.45, 2.75) is 6.54 Å². The summed E-state index contributed by atoms with van der Waals surface area (Å²) in [7, 11) is -2.46. The Balaban J connectivity index is 2.13. The summed E-state index contributed by atoms with van der Waals surface area (Å²) in [5.41, 5.74) is 1.61. The molecule has 0 N–H and O–H groups in total. The zero-order valence-corrected chi connectivity index (χ0v) is 10.4. The van der Waals surface area contributed by atoms with Crippen LogP contribution in [0.2, 0.25) is 0 Å². The zero-order valence-electron chi connectivity index (χ0n) is 9.59. The largest absolute Gasteiger partial charge is 0.748 e. The molecule has 0 amide bonds. The van der Waals surface area contributed by atoms with Crippen molar-refractivity contribution in [3.63, 3.8) is 0 Å². The minimum atomic E-state index is -4.22. The molecule has 0 saturated heterocycles. The van der Waals surface area contributed by atoms with E-state index in [4.69, 9.17) is 0 Å². The van der Waals surface area contributed by atoms with Crippen LogP contribution in [-0.4, -0.2) is 38.8 Å². The van der Waals surface area contributed by atoms with Gasteiger partial charge < -0.3 is 4.55 Å². The topological polar surface area (TPSA) is 105 Å². The molecule has 0 aliphatic carbocycles. The lowest BCUT2D eigenvalue weighted by atomic mass is 10.2. The van der Waals surface area contributed by atoms with Crippen molar-refractivity contribution in [2.24, 2.45) is 7.05 Å². The number of hydrogen-bond acceptors (Lipinski definition) is 6. The van der Waals surface area contributed by atoms with Gasteiger partial charge >= 0.3 is 0 Å². The molecule has 2 rings (SSSR count). The molecule has 0 aliphatic heterocycles. The van der Waals surface area contributed by atoms with E-state index in [1.807, 2.05) is 0 Å². The number of nitrogens with zero attached hydrogens (tertiary/aromatic N) is 5. The summed E-state index contributed by atoms with van der Waals surface area (Å²) in [6.45, 7) is 0.0375.